The van der Waals surface area contributed by atoms with Gasteiger partial charge in [-0.15, -0.1) is 11.8 Å². The Morgan fingerprint density at radius 3 is 2.94 bits per heavy atom. The lowest BCUT2D eigenvalue weighted by Gasteiger charge is -2.05. The molecule has 0 radical (unpaired) electrons. The predicted molar refractivity (Wildman–Crippen MR) is 73.4 cm³/mol. The average molecular weight is 247 g/mol. The molecule has 17 heavy (non-hydrogen) atoms. The van der Waals surface area contributed by atoms with Crippen molar-refractivity contribution in [3.05, 3.63) is 30.6 Å². The lowest BCUT2D eigenvalue weighted by atomic mass is 10.2. The molecule has 0 atom stereocenters. The molecule has 0 saturated heterocycles. The van der Waals surface area contributed by atoms with Crippen LogP contribution in [0.5, 0.6) is 0 Å². The molecule has 1 heterocycles. The SMILES string of the molecule is CCCNCCSc1ncnc2ccccc12. The summed E-state index contributed by atoms with van der Waals surface area (Å²) in [5.41, 5.74) is 1.02. The lowest BCUT2D eigenvalue weighted by molar-refractivity contribution is 0.707. The Hall–Kier alpha value is -1.13. The Labute approximate surface area is 106 Å². The van der Waals surface area contributed by atoms with Crippen molar-refractivity contribution >= 4 is 22.7 Å². The van der Waals surface area contributed by atoms with Crippen LogP contribution in [0.15, 0.2) is 35.6 Å². The molecule has 3 nitrogen and oxygen atoms in total. The van der Waals surface area contributed by atoms with Gasteiger partial charge in [-0.25, -0.2) is 9.97 Å². The quantitative estimate of drug-likeness (QED) is 0.484. The molecule has 1 aromatic carbocycles. The van der Waals surface area contributed by atoms with Crippen LogP contribution < -0.4 is 5.32 Å². The smallest absolute Gasteiger partial charge is 0.117 e. The third kappa shape index (κ3) is 3.41. The van der Waals surface area contributed by atoms with E-state index in [0.29, 0.717) is 0 Å². The van der Waals surface area contributed by atoms with Crippen molar-refractivity contribution in [1.29, 1.82) is 0 Å². The standard InChI is InChI=1S/C13H17N3S/c1-2-7-14-8-9-17-13-11-5-3-4-6-12(11)15-10-16-13/h3-6,10,14H,2,7-9H2,1H3. The monoisotopic (exact) mass is 247 g/mol. The van der Waals surface area contributed by atoms with Gasteiger partial charge in [-0.1, -0.05) is 25.1 Å². The molecule has 0 fully saturated rings. The molecular formula is C13H17N3S. The zero-order chi connectivity index (χ0) is 11.9. The van der Waals surface area contributed by atoms with E-state index >= 15 is 0 Å². The Kier molecular flexibility index (Phi) is 4.76. The maximum atomic E-state index is 4.35. The van der Waals surface area contributed by atoms with Crippen LogP contribution in [0.2, 0.25) is 0 Å². The molecule has 0 aliphatic heterocycles. The summed E-state index contributed by atoms with van der Waals surface area (Å²) < 4.78 is 0. The Bertz CT molecular complexity index is 468. The summed E-state index contributed by atoms with van der Waals surface area (Å²) in [6.07, 6.45) is 2.82. The highest BCUT2D eigenvalue weighted by Gasteiger charge is 2.02. The Morgan fingerprint density at radius 2 is 2.06 bits per heavy atom. The topological polar surface area (TPSA) is 37.8 Å². The zero-order valence-corrected chi connectivity index (χ0v) is 10.8. The van der Waals surface area contributed by atoms with E-state index in [4.69, 9.17) is 0 Å². The number of rotatable bonds is 6. The van der Waals surface area contributed by atoms with Gasteiger partial charge >= 0.3 is 0 Å². The van der Waals surface area contributed by atoms with Gasteiger partial charge in [0.05, 0.1) is 5.52 Å². The summed E-state index contributed by atoms with van der Waals surface area (Å²) in [6, 6.07) is 8.14. The second-order valence-corrected chi connectivity index (χ2v) is 4.88. The average Bonchev–Trinajstić information content (AvgIpc) is 2.39. The van der Waals surface area contributed by atoms with Crippen molar-refractivity contribution in [2.45, 2.75) is 18.4 Å². The van der Waals surface area contributed by atoms with E-state index in [1.807, 2.05) is 18.2 Å². The van der Waals surface area contributed by atoms with Gasteiger partial charge in [-0.2, -0.15) is 0 Å². The molecule has 0 amide bonds. The molecule has 0 spiro atoms. The lowest BCUT2D eigenvalue weighted by Crippen LogP contribution is -2.17. The first-order valence-corrected chi connectivity index (χ1v) is 6.93. The minimum absolute atomic E-state index is 1.02. The third-order valence-corrected chi connectivity index (χ3v) is 3.46. The van der Waals surface area contributed by atoms with Gasteiger partial charge in [0, 0.05) is 17.7 Å². The minimum Gasteiger partial charge on any atom is -0.316 e. The predicted octanol–water partition coefficient (Wildman–Crippen LogP) is 2.72. The molecule has 0 saturated carbocycles. The number of fused-ring (bicyclic) bond motifs is 1. The van der Waals surface area contributed by atoms with Crippen molar-refractivity contribution < 1.29 is 0 Å². The van der Waals surface area contributed by atoms with Crippen LogP contribution >= 0.6 is 11.8 Å². The van der Waals surface area contributed by atoms with Crippen LogP contribution in [0, 0.1) is 0 Å². The molecule has 2 rings (SSSR count). The first-order chi connectivity index (χ1) is 8.42. The van der Waals surface area contributed by atoms with Crippen molar-refractivity contribution in [2.75, 3.05) is 18.8 Å². The molecular weight excluding hydrogens is 230 g/mol. The summed E-state index contributed by atoms with van der Waals surface area (Å²) in [7, 11) is 0. The normalized spacial score (nSPS) is 10.9. The first-order valence-electron chi connectivity index (χ1n) is 5.95. The van der Waals surface area contributed by atoms with Crippen LogP contribution in [0.25, 0.3) is 10.9 Å². The van der Waals surface area contributed by atoms with Gasteiger partial charge in [-0.3, -0.25) is 0 Å². The van der Waals surface area contributed by atoms with Gasteiger partial charge < -0.3 is 5.32 Å². The molecule has 0 aliphatic carbocycles. The Morgan fingerprint density at radius 1 is 1.18 bits per heavy atom. The van der Waals surface area contributed by atoms with Crippen LogP contribution in [-0.4, -0.2) is 28.8 Å². The summed E-state index contributed by atoms with van der Waals surface area (Å²) in [6.45, 7) is 4.29. The van der Waals surface area contributed by atoms with Crippen molar-refractivity contribution in [2.24, 2.45) is 0 Å². The van der Waals surface area contributed by atoms with Gasteiger partial charge in [0.1, 0.15) is 11.4 Å². The fourth-order valence-electron chi connectivity index (χ4n) is 1.62. The van der Waals surface area contributed by atoms with Crippen LogP contribution in [0.4, 0.5) is 0 Å². The van der Waals surface area contributed by atoms with Gasteiger partial charge in [0.2, 0.25) is 0 Å². The van der Waals surface area contributed by atoms with Crippen LogP contribution in [0.1, 0.15) is 13.3 Å². The highest BCUT2D eigenvalue weighted by molar-refractivity contribution is 7.99. The maximum Gasteiger partial charge on any atom is 0.117 e. The van der Waals surface area contributed by atoms with E-state index in [1.165, 1.54) is 6.42 Å². The van der Waals surface area contributed by atoms with E-state index < -0.39 is 0 Å². The van der Waals surface area contributed by atoms with E-state index in [2.05, 4.69) is 28.3 Å². The summed E-state index contributed by atoms with van der Waals surface area (Å²) in [4.78, 5) is 8.61. The van der Waals surface area contributed by atoms with Crippen molar-refractivity contribution in [3.8, 4) is 0 Å². The molecule has 2 aromatic rings. The number of thioether (sulfide) groups is 1. The number of hydrogen-bond acceptors (Lipinski definition) is 4. The molecule has 0 bridgehead atoms. The largest absolute Gasteiger partial charge is 0.316 e. The molecule has 1 N–H and O–H groups in total. The summed E-state index contributed by atoms with van der Waals surface area (Å²) >= 11 is 1.79. The van der Waals surface area contributed by atoms with Crippen molar-refractivity contribution in [1.82, 2.24) is 15.3 Å². The molecule has 0 unspecified atom stereocenters. The Balaban J connectivity index is 1.98. The number of para-hydroxylation sites is 1. The minimum atomic E-state index is 1.02. The second kappa shape index (κ2) is 6.57. The van der Waals surface area contributed by atoms with Gasteiger partial charge in [0.15, 0.2) is 0 Å². The fourth-order valence-corrected chi connectivity index (χ4v) is 2.51. The van der Waals surface area contributed by atoms with Crippen LogP contribution in [0.3, 0.4) is 0 Å². The highest BCUT2D eigenvalue weighted by atomic mass is 32.2. The van der Waals surface area contributed by atoms with E-state index in [1.54, 1.807) is 18.1 Å². The number of nitrogens with one attached hydrogen (secondary N) is 1. The number of nitrogens with zero attached hydrogens (tertiary/aromatic N) is 2. The maximum absolute atomic E-state index is 4.35. The summed E-state index contributed by atoms with van der Waals surface area (Å²) in [5, 5.41) is 5.62. The number of hydrogen-bond donors (Lipinski definition) is 1. The van der Waals surface area contributed by atoms with Crippen LogP contribution in [-0.2, 0) is 0 Å². The number of benzene rings is 1. The summed E-state index contributed by atoms with van der Waals surface area (Å²) in [5.74, 6) is 1.04. The van der Waals surface area contributed by atoms with Gasteiger partial charge in [-0.05, 0) is 19.0 Å². The molecule has 1 aromatic heterocycles. The van der Waals surface area contributed by atoms with Gasteiger partial charge in [0.25, 0.3) is 0 Å². The van der Waals surface area contributed by atoms with E-state index in [9.17, 15) is 0 Å². The van der Waals surface area contributed by atoms with Crippen molar-refractivity contribution in [3.63, 3.8) is 0 Å². The zero-order valence-electron chi connectivity index (χ0n) is 10.0. The molecule has 4 heteroatoms. The number of aromatic nitrogens is 2. The first kappa shape index (κ1) is 12.3. The second-order valence-electron chi connectivity index (χ2n) is 3.79. The fraction of sp³-hybridized carbons (Fsp3) is 0.385. The third-order valence-electron chi connectivity index (χ3n) is 2.45. The highest BCUT2D eigenvalue weighted by Crippen LogP contribution is 2.23. The molecule has 90 valence electrons. The van der Waals surface area contributed by atoms with E-state index in [0.717, 1.165) is 34.8 Å². The van der Waals surface area contributed by atoms with E-state index in [-0.39, 0.29) is 0 Å². The molecule has 0 aliphatic rings.